The monoisotopic (exact) mass is 317 g/mol. The molecule has 0 saturated heterocycles. The minimum atomic E-state index is -0.161. The van der Waals surface area contributed by atoms with Gasteiger partial charge in [-0.25, -0.2) is 0 Å². The van der Waals surface area contributed by atoms with E-state index in [1.54, 1.807) is 0 Å². The second kappa shape index (κ2) is 7.32. The summed E-state index contributed by atoms with van der Waals surface area (Å²) in [5.74, 6) is 0.551. The van der Waals surface area contributed by atoms with E-state index in [0.717, 1.165) is 16.7 Å². The molecular formula is C18H20ClNO2. The van der Waals surface area contributed by atoms with Gasteiger partial charge >= 0.3 is 0 Å². The standard InChI is InChI=1S/C18H20ClNO2/c1-12-7-13(2)9-17(8-12)22-11-18(21)20-14(3)15-5-4-6-16(19)10-15/h4-10,14H,11H2,1-3H3,(H,20,21)/t14-/m1/s1. The van der Waals surface area contributed by atoms with Crippen LogP contribution in [0.2, 0.25) is 5.02 Å². The maximum absolute atomic E-state index is 12.0. The molecule has 4 heteroatoms. The summed E-state index contributed by atoms with van der Waals surface area (Å²) in [6.07, 6.45) is 0. The molecule has 0 radical (unpaired) electrons. The first-order chi connectivity index (χ1) is 10.4. The average Bonchev–Trinajstić information content (AvgIpc) is 2.44. The lowest BCUT2D eigenvalue weighted by Gasteiger charge is -2.15. The van der Waals surface area contributed by atoms with Crippen molar-refractivity contribution >= 4 is 17.5 Å². The van der Waals surface area contributed by atoms with Gasteiger partial charge in [0.2, 0.25) is 0 Å². The van der Waals surface area contributed by atoms with Gasteiger partial charge in [0, 0.05) is 5.02 Å². The zero-order chi connectivity index (χ0) is 16.1. The van der Waals surface area contributed by atoms with Crippen molar-refractivity contribution in [3.63, 3.8) is 0 Å². The molecule has 1 N–H and O–H groups in total. The van der Waals surface area contributed by atoms with Crippen LogP contribution in [0.4, 0.5) is 0 Å². The number of benzene rings is 2. The summed E-state index contributed by atoms with van der Waals surface area (Å²) < 4.78 is 5.55. The first kappa shape index (κ1) is 16.4. The van der Waals surface area contributed by atoms with Crippen LogP contribution in [-0.2, 0) is 4.79 Å². The fourth-order valence-electron chi connectivity index (χ4n) is 2.31. The highest BCUT2D eigenvalue weighted by atomic mass is 35.5. The Balaban J connectivity index is 1.90. The van der Waals surface area contributed by atoms with Crippen LogP contribution in [0.15, 0.2) is 42.5 Å². The van der Waals surface area contributed by atoms with E-state index in [2.05, 4.69) is 11.4 Å². The summed E-state index contributed by atoms with van der Waals surface area (Å²) in [6.45, 7) is 5.91. The zero-order valence-electron chi connectivity index (χ0n) is 13.0. The van der Waals surface area contributed by atoms with Gasteiger partial charge in [-0.1, -0.05) is 29.8 Å². The highest BCUT2D eigenvalue weighted by Gasteiger charge is 2.10. The molecule has 1 atom stereocenters. The number of carbonyl (C=O) groups is 1. The molecule has 0 heterocycles. The molecule has 0 aliphatic rings. The molecule has 0 fully saturated rings. The molecule has 2 rings (SSSR count). The van der Waals surface area contributed by atoms with Crippen LogP contribution in [0.1, 0.15) is 29.7 Å². The smallest absolute Gasteiger partial charge is 0.258 e. The van der Waals surface area contributed by atoms with Gasteiger partial charge in [0.1, 0.15) is 5.75 Å². The van der Waals surface area contributed by atoms with E-state index in [9.17, 15) is 4.79 Å². The molecule has 0 aliphatic heterocycles. The Morgan fingerprint density at radius 3 is 2.50 bits per heavy atom. The third kappa shape index (κ3) is 4.78. The Labute approximate surface area is 136 Å². The van der Waals surface area contributed by atoms with Crippen LogP contribution in [0.25, 0.3) is 0 Å². The van der Waals surface area contributed by atoms with Gasteiger partial charge in [0.15, 0.2) is 6.61 Å². The summed E-state index contributed by atoms with van der Waals surface area (Å²) in [7, 11) is 0. The fraction of sp³-hybridized carbons (Fsp3) is 0.278. The third-order valence-electron chi connectivity index (χ3n) is 3.29. The molecule has 0 bridgehead atoms. The predicted octanol–water partition coefficient (Wildman–Crippen LogP) is 4.21. The molecule has 2 aromatic rings. The highest BCUT2D eigenvalue weighted by molar-refractivity contribution is 6.30. The Bertz CT molecular complexity index is 650. The Hall–Kier alpha value is -2.00. The fourth-order valence-corrected chi connectivity index (χ4v) is 2.51. The number of halogens is 1. The maximum atomic E-state index is 12.0. The minimum absolute atomic E-state index is 0.00615. The number of carbonyl (C=O) groups excluding carboxylic acids is 1. The summed E-state index contributed by atoms with van der Waals surface area (Å²) in [5.41, 5.74) is 3.19. The van der Waals surface area contributed by atoms with Crippen molar-refractivity contribution < 1.29 is 9.53 Å². The second-order valence-corrected chi connectivity index (χ2v) is 5.89. The van der Waals surface area contributed by atoms with Gasteiger partial charge in [-0.3, -0.25) is 4.79 Å². The predicted molar refractivity (Wildman–Crippen MR) is 89.4 cm³/mol. The molecule has 0 unspecified atom stereocenters. The van der Waals surface area contributed by atoms with Crippen molar-refractivity contribution in [2.45, 2.75) is 26.8 Å². The van der Waals surface area contributed by atoms with E-state index in [-0.39, 0.29) is 18.6 Å². The largest absolute Gasteiger partial charge is 0.484 e. The van der Waals surface area contributed by atoms with E-state index in [4.69, 9.17) is 16.3 Å². The van der Waals surface area contributed by atoms with Crippen molar-refractivity contribution in [1.29, 1.82) is 0 Å². The van der Waals surface area contributed by atoms with Crippen LogP contribution >= 0.6 is 11.6 Å². The lowest BCUT2D eigenvalue weighted by molar-refractivity contribution is -0.123. The van der Waals surface area contributed by atoms with Crippen molar-refractivity contribution in [2.75, 3.05) is 6.61 Å². The van der Waals surface area contributed by atoms with Crippen molar-refractivity contribution in [1.82, 2.24) is 5.32 Å². The Morgan fingerprint density at radius 2 is 1.86 bits per heavy atom. The number of nitrogens with one attached hydrogen (secondary N) is 1. The summed E-state index contributed by atoms with van der Waals surface area (Å²) in [5, 5.41) is 3.56. The number of ether oxygens (including phenoxy) is 1. The van der Waals surface area contributed by atoms with Crippen molar-refractivity contribution in [2.24, 2.45) is 0 Å². The van der Waals surface area contributed by atoms with Crippen LogP contribution in [0.5, 0.6) is 5.75 Å². The normalized spacial score (nSPS) is 11.8. The number of rotatable bonds is 5. The molecule has 116 valence electrons. The molecular weight excluding hydrogens is 298 g/mol. The molecule has 3 nitrogen and oxygen atoms in total. The van der Waals surface area contributed by atoms with E-state index >= 15 is 0 Å². The molecule has 22 heavy (non-hydrogen) atoms. The van der Waals surface area contributed by atoms with Gasteiger partial charge in [-0.15, -0.1) is 0 Å². The number of amides is 1. The minimum Gasteiger partial charge on any atom is -0.484 e. The van der Waals surface area contributed by atoms with Crippen LogP contribution in [0, 0.1) is 13.8 Å². The lowest BCUT2D eigenvalue weighted by atomic mass is 10.1. The van der Waals surface area contributed by atoms with E-state index < -0.39 is 0 Å². The van der Waals surface area contributed by atoms with Crippen LogP contribution in [-0.4, -0.2) is 12.5 Å². The van der Waals surface area contributed by atoms with Crippen LogP contribution < -0.4 is 10.1 Å². The van der Waals surface area contributed by atoms with E-state index in [1.807, 2.05) is 57.2 Å². The topological polar surface area (TPSA) is 38.3 Å². The van der Waals surface area contributed by atoms with E-state index in [0.29, 0.717) is 10.8 Å². The highest BCUT2D eigenvalue weighted by Crippen LogP contribution is 2.18. The SMILES string of the molecule is Cc1cc(C)cc(OCC(=O)N[C@H](C)c2cccc(Cl)c2)c1. The second-order valence-electron chi connectivity index (χ2n) is 5.46. The lowest BCUT2D eigenvalue weighted by Crippen LogP contribution is -2.31. The molecule has 0 spiro atoms. The van der Waals surface area contributed by atoms with E-state index in [1.165, 1.54) is 0 Å². The molecule has 1 amide bonds. The van der Waals surface area contributed by atoms with Gasteiger partial charge in [0.05, 0.1) is 6.04 Å². The van der Waals surface area contributed by atoms with Gasteiger partial charge in [-0.2, -0.15) is 0 Å². The third-order valence-corrected chi connectivity index (χ3v) is 3.53. The maximum Gasteiger partial charge on any atom is 0.258 e. The van der Waals surface area contributed by atoms with Gasteiger partial charge in [-0.05, 0) is 61.7 Å². The first-order valence-electron chi connectivity index (χ1n) is 7.20. The summed E-state index contributed by atoms with van der Waals surface area (Å²) in [4.78, 5) is 12.0. The summed E-state index contributed by atoms with van der Waals surface area (Å²) in [6, 6.07) is 13.2. The number of hydrogen-bond acceptors (Lipinski definition) is 2. The molecule has 0 aliphatic carbocycles. The number of aryl methyl sites for hydroxylation is 2. The van der Waals surface area contributed by atoms with Crippen molar-refractivity contribution in [3.8, 4) is 5.75 Å². The molecule has 2 aromatic carbocycles. The molecule has 0 saturated carbocycles. The molecule has 0 aromatic heterocycles. The Morgan fingerprint density at radius 1 is 1.18 bits per heavy atom. The average molecular weight is 318 g/mol. The Kier molecular flexibility index (Phi) is 5.45. The quantitative estimate of drug-likeness (QED) is 0.897. The van der Waals surface area contributed by atoms with Crippen molar-refractivity contribution in [3.05, 3.63) is 64.2 Å². The van der Waals surface area contributed by atoms with Gasteiger partial charge < -0.3 is 10.1 Å². The summed E-state index contributed by atoms with van der Waals surface area (Å²) >= 11 is 5.96. The first-order valence-corrected chi connectivity index (χ1v) is 7.58. The number of hydrogen-bond donors (Lipinski definition) is 1. The zero-order valence-corrected chi connectivity index (χ0v) is 13.8. The van der Waals surface area contributed by atoms with Crippen LogP contribution in [0.3, 0.4) is 0 Å². The van der Waals surface area contributed by atoms with Gasteiger partial charge in [0.25, 0.3) is 5.91 Å².